The molecule has 4 aliphatic rings. The molecule has 0 bridgehead atoms. The molecule has 10 heteroatoms. The van der Waals surface area contributed by atoms with Crippen molar-refractivity contribution < 1.29 is 0 Å². The summed E-state index contributed by atoms with van der Waals surface area (Å²) in [7, 11) is 0. The van der Waals surface area contributed by atoms with Gasteiger partial charge in [0.1, 0.15) is 11.2 Å². The summed E-state index contributed by atoms with van der Waals surface area (Å²) in [5.41, 5.74) is 15.1. The van der Waals surface area contributed by atoms with Crippen LogP contribution >= 0.6 is 0 Å². The molecule has 14 rings (SSSR count). The molecular formula is C54H36N10. The van der Waals surface area contributed by atoms with E-state index in [-0.39, 0.29) is 5.92 Å². The maximum absolute atomic E-state index is 5.79. The minimum Gasteiger partial charge on any atom is -0.361 e. The molecule has 0 saturated heterocycles. The maximum atomic E-state index is 5.79. The number of aromatic nitrogens is 8. The van der Waals surface area contributed by atoms with E-state index in [4.69, 9.17) is 20.1 Å². The van der Waals surface area contributed by atoms with Gasteiger partial charge in [0.05, 0.1) is 46.4 Å². The van der Waals surface area contributed by atoms with Crippen molar-refractivity contribution in [2.24, 2.45) is 4.99 Å². The smallest absolute Gasteiger partial charge is 0.181 e. The second kappa shape index (κ2) is 13.2. The van der Waals surface area contributed by atoms with E-state index in [2.05, 4.69) is 188 Å². The summed E-state index contributed by atoms with van der Waals surface area (Å²) >= 11 is 0. The average Bonchev–Trinajstić information content (AvgIpc) is 4.21. The maximum Gasteiger partial charge on any atom is 0.181 e. The molecule has 0 saturated carbocycles. The lowest BCUT2D eigenvalue weighted by Crippen LogP contribution is -2.55. The van der Waals surface area contributed by atoms with Crippen molar-refractivity contribution in [1.29, 1.82) is 0 Å². The first kappa shape index (κ1) is 35.0. The van der Waals surface area contributed by atoms with E-state index in [1.54, 1.807) is 6.33 Å². The van der Waals surface area contributed by atoms with Crippen LogP contribution in [-0.2, 0) is 12.0 Å². The molecule has 5 aromatic heterocycles. The van der Waals surface area contributed by atoms with Gasteiger partial charge >= 0.3 is 0 Å². The SMILES string of the molecule is C1=CC2=C(c3ncc4[nH]cnc4n3)C(c3n[nH]c4ccccc34)=C(c3cc4ccccc4[nH]3)C(C3=Nc4ccccc4C3)(c3[nH]cc4ccccc34)N2C(C2C=Cc3ccccc32)=C1. The highest BCUT2D eigenvalue weighted by atomic mass is 15.3. The number of fused-ring (bicyclic) bond motifs is 7. The Labute approximate surface area is 365 Å². The van der Waals surface area contributed by atoms with E-state index in [9.17, 15) is 0 Å². The third-order valence-electron chi connectivity index (χ3n) is 13.5. The van der Waals surface area contributed by atoms with E-state index in [1.165, 1.54) is 16.7 Å². The summed E-state index contributed by atoms with van der Waals surface area (Å²) in [6.45, 7) is 0. The molecule has 5 aromatic carbocycles. The molecule has 64 heavy (non-hydrogen) atoms. The molecule has 8 heterocycles. The van der Waals surface area contributed by atoms with Gasteiger partial charge < -0.3 is 19.9 Å². The van der Waals surface area contributed by atoms with Gasteiger partial charge in [-0.15, -0.1) is 0 Å². The summed E-state index contributed by atoms with van der Waals surface area (Å²) in [5, 5.41) is 13.0. The molecule has 4 N–H and O–H groups in total. The largest absolute Gasteiger partial charge is 0.361 e. The number of imidazole rings is 1. The van der Waals surface area contributed by atoms with Crippen molar-refractivity contribution in [2.75, 3.05) is 0 Å². The molecule has 0 spiro atoms. The second-order valence-electron chi connectivity index (χ2n) is 16.8. The Hall–Kier alpha value is -8.63. The third-order valence-corrected chi connectivity index (χ3v) is 13.5. The number of hydrogen-bond donors (Lipinski definition) is 4. The molecule has 0 fully saturated rings. The number of aliphatic imine (C=N–C) groups is 1. The molecule has 2 atom stereocenters. The Balaban J connectivity index is 1.23. The van der Waals surface area contributed by atoms with Crippen molar-refractivity contribution in [3.05, 3.63) is 221 Å². The Morgan fingerprint density at radius 2 is 1.53 bits per heavy atom. The summed E-state index contributed by atoms with van der Waals surface area (Å²) < 4.78 is 0. The highest BCUT2D eigenvalue weighted by molar-refractivity contribution is 6.27. The lowest BCUT2D eigenvalue weighted by Gasteiger charge is -2.53. The summed E-state index contributed by atoms with van der Waals surface area (Å²) in [6.07, 6.45) is 17.5. The fourth-order valence-corrected chi connectivity index (χ4v) is 10.8. The molecule has 2 unspecified atom stereocenters. The van der Waals surface area contributed by atoms with Crippen LogP contribution in [0.25, 0.3) is 66.5 Å². The van der Waals surface area contributed by atoms with Crippen LogP contribution in [0.5, 0.6) is 0 Å². The Morgan fingerprint density at radius 3 is 2.45 bits per heavy atom. The number of para-hydroxylation sites is 3. The van der Waals surface area contributed by atoms with Gasteiger partial charge in [-0.3, -0.25) is 10.1 Å². The fourth-order valence-electron chi connectivity index (χ4n) is 10.8. The molecule has 0 amide bonds. The molecule has 10 nitrogen and oxygen atoms in total. The number of rotatable bonds is 6. The van der Waals surface area contributed by atoms with Crippen LogP contribution < -0.4 is 0 Å². The fraction of sp³-hybridized carbons (Fsp3) is 0.0556. The Morgan fingerprint density at radius 1 is 0.719 bits per heavy atom. The molecule has 3 aliphatic heterocycles. The summed E-state index contributed by atoms with van der Waals surface area (Å²) in [5.74, 6) is 0.430. The first-order chi connectivity index (χ1) is 31.7. The van der Waals surface area contributed by atoms with Crippen LogP contribution in [-0.4, -0.2) is 50.7 Å². The zero-order chi connectivity index (χ0) is 41.9. The minimum atomic E-state index is -1.14. The Bertz CT molecular complexity index is 3770. The molecular weight excluding hydrogens is 789 g/mol. The summed E-state index contributed by atoms with van der Waals surface area (Å²) in [6, 6.07) is 45.1. The van der Waals surface area contributed by atoms with Crippen molar-refractivity contribution in [3.63, 3.8) is 0 Å². The Kier molecular flexibility index (Phi) is 7.21. The van der Waals surface area contributed by atoms with E-state index >= 15 is 0 Å². The first-order valence-electron chi connectivity index (χ1n) is 21.6. The molecule has 1 aliphatic carbocycles. The zero-order valence-electron chi connectivity index (χ0n) is 34.2. The molecule has 302 valence electrons. The van der Waals surface area contributed by atoms with E-state index in [1.807, 2.05) is 12.3 Å². The van der Waals surface area contributed by atoms with Crippen molar-refractivity contribution in [1.82, 2.24) is 45.0 Å². The normalized spacial score (nSPS) is 19.0. The van der Waals surface area contributed by atoms with Crippen molar-refractivity contribution in [2.45, 2.75) is 17.9 Å². The lowest BCUT2D eigenvalue weighted by atomic mass is 9.67. The number of allylic oxidation sites excluding steroid dienone is 6. The van der Waals surface area contributed by atoms with Gasteiger partial charge in [0.25, 0.3) is 0 Å². The zero-order valence-corrected chi connectivity index (χ0v) is 34.2. The number of benzene rings is 5. The molecule has 10 aromatic rings. The van der Waals surface area contributed by atoms with Crippen molar-refractivity contribution >= 4 is 77.9 Å². The quantitative estimate of drug-likeness (QED) is 0.133. The van der Waals surface area contributed by atoms with Crippen LogP contribution in [0.4, 0.5) is 5.69 Å². The number of hydrogen-bond acceptors (Lipinski definition) is 6. The predicted octanol–water partition coefficient (Wildman–Crippen LogP) is 11.3. The van der Waals surface area contributed by atoms with Crippen LogP contribution in [0.15, 0.2) is 187 Å². The van der Waals surface area contributed by atoms with Gasteiger partial charge in [0, 0.05) is 57.4 Å². The monoisotopic (exact) mass is 824 g/mol. The number of nitrogens with zero attached hydrogens (tertiary/aromatic N) is 6. The van der Waals surface area contributed by atoms with Crippen LogP contribution in [0.3, 0.4) is 0 Å². The predicted molar refractivity (Wildman–Crippen MR) is 254 cm³/mol. The van der Waals surface area contributed by atoms with Crippen LogP contribution in [0.2, 0.25) is 0 Å². The highest BCUT2D eigenvalue weighted by Crippen LogP contribution is 2.61. The topological polar surface area (TPSA) is 130 Å². The van der Waals surface area contributed by atoms with Crippen molar-refractivity contribution in [3.8, 4) is 0 Å². The number of nitrogens with one attached hydrogen (secondary N) is 4. The van der Waals surface area contributed by atoms with Gasteiger partial charge in [0.15, 0.2) is 17.0 Å². The number of aromatic amines is 4. The van der Waals surface area contributed by atoms with E-state index < -0.39 is 5.54 Å². The van der Waals surface area contributed by atoms with Gasteiger partial charge in [-0.2, -0.15) is 5.10 Å². The van der Waals surface area contributed by atoms with Crippen LogP contribution in [0.1, 0.15) is 45.5 Å². The first-order valence-corrected chi connectivity index (χ1v) is 21.6. The van der Waals surface area contributed by atoms with E-state index in [0.29, 0.717) is 17.9 Å². The second-order valence-corrected chi connectivity index (χ2v) is 16.8. The van der Waals surface area contributed by atoms with Gasteiger partial charge in [0.2, 0.25) is 0 Å². The summed E-state index contributed by atoms with van der Waals surface area (Å²) in [4.78, 5) is 34.7. The number of H-pyrrole nitrogens is 4. The third kappa shape index (κ3) is 4.81. The lowest BCUT2D eigenvalue weighted by molar-refractivity contribution is 0.305. The van der Waals surface area contributed by atoms with Gasteiger partial charge in [-0.05, 0) is 63.9 Å². The van der Waals surface area contributed by atoms with E-state index in [0.717, 1.165) is 94.7 Å². The highest BCUT2D eigenvalue weighted by Gasteiger charge is 2.58. The van der Waals surface area contributed by atoms with Crippen LogP contribution in [0, 0.1) is 0 Å². The van der Waals surface area contributed by atoms with Gasteiger partial charge in [-0.25, -0.2) is 15.0 Å². The average molecular weight is 825 g/mol. The minimum absolute atomic E-state index is 0.103. The van der Waals surface area contributed by atoms with Gasteiger partial charge in [-0.1, -0.05) is 121 Å². The molecule has 0 radical (unpaired) electrons. The standard InChI is InChI=1S/C54H36N10/c1-5-16-35-31(12-1)24-25-37(35)44-22-11-23-45-47(53-56-29-43-52(61-53)58-30-57-43)48(50-38-18-7-10-21-41(38)62-63-50)49(42-26-32-13-3-8-19-39(32)59-42)54(64(44)45,46-27-33-14-4-9-20-40(33)60-46)51-36-17-6-2-15-34(36)28-55-51/h1-26,28-30,37,55,59H,27H2,(H,62,63)(H,56,57,58,61).